The summed E-state index contributed by atoms with van der Waals surface area (Å²) in [4.78, 5) is 13.7. The van der Waals surface area contributed by atoms with Crippen LogP contribution >= 0.6 is 11.3 Å². The molecule has 0 aliphatic rings. The van der Waals surface area contributed by atoms with Gasteiger partial charge in [0.25, 0.3) is 5.69 Å². The number of hydrogen-bond acceptors (Lipinski definition) is 6. The molecule has 1 aromatic heterocycles. The standard InChI is InChI=1S/C7H4N2O4S2/c10-9(11)4-1-2-5-6(3-4)14-7(8-5)15(12)13/h1-3H,(H,12,13)/p-1. The van der Waals surface area contributed by atoms with Gasteiger partial charge in [-0.3, -0.25) is 14.3 Å². The highest BCUT2D eigenvalue weighted by Crippen LogP contribution is 2.27. The second kappa shape index (κ2) is 3.65. The van der Waals surface area contributed by atoms with Crippen LogP contribution in [0, 0.1) is 10.1 Å². The Hall–Kier alpha value is -1.38. The van der Waals surface area contributed by atoms with Gasteiger partial charge in [-0.15, -0.1) is 11.3 Å². The predicted molar refractivity (Wildman–Crippen MR) is 53.5 cm³/mol. The summed E-state index contributed by atoms with van der Waals surface area (Å²) < 4.78 is 21.6. The Labute approximate surface area is 90.0 Å². The van der Waals surface area contributed by atoms with Gasteiger partial charge in [0.15, 0.2) is 4.34 Å². The number of rotatable bonds is 2. The molecule has 0 N–H and O–H groups in total. The zero-order valence-electron chi connectivity index (χ0n) is 7.08. The van der Waals surface area contributed by atoms with Crippen molar-refractivity contribution in [3.8, 4) is 0 Å². The fourth-order valence-corrected chi connectivity index (χ4v) is 2.52. The summed E-state index contributed by atoms with van der Waals surface area (Å²) in [6, 6.07) is 4.03. The lowest BCUT2D eigenvalue weighted by molar-refractivity contribution is -0.384. The van der Waals surface area contributed by atoms with E-state index in [1.54, 1.807) is 0 Å². The number of fused-ring (bicyclic) bond motifs is 1. The van der Waals surface area contributed by atoms with Gasteiger partial charge in [-0.25, -0.2) is 4.98 Å². The van der Waals surface area contributed by atoms with Crippen LogP contribution in [0.4, 0.5) is 5.69 Å². The number of nitro benzene ring substituents is 1. The molecule has 0 aliphatic carbocycles. The first-order chi connectivity index (χ1) is 7.08. The molecule has 15 heavy (non-hydrogen) atoms. The highest BCUT2D eigenvalue weighted by molar-refractivity contribution is 7.81. The van der Waals surface area contributed by atoms with Crippen LogP contribution in [-0.2, 0) is 11.1 Å². The lowest BCUT2D eigenvalue weighted by atomic mass is 10.3. The van der Waals surface area contributed by atoms with Gasteiger partial charge in [-0.05, 0) is 6.07 Å². The largest absolute Gasteiger partial charge is 0.767 e. The van der Waals surface area contributed by atoms with Crippen molar-refractivity contribution in [1.82, 2.24) is 4.98 Å². The van der Waals surface area contributed by atoms with Crippen molar-refractivity contribution < 1.29 is 13.7 Å². The zero-order valence-corrected chi connectivity index (χ0v) is 8.71. The summed E-state index contributed by atoms with van der Waals surface area (Å²) in [6.45, 7) is 0. The topological polar surface area (TPSA) is 96.2 Å². The molecule has 1 unspecified atom stereocenters. The lowest BCUT2D eigenvalue weighted by Crippen LogP contribution is -1.86. The van der Waals surface area contributed by atoms with Crippen molar-refractivity contribution in [2.75, 3.05) is 0 Å². The number of hydrogen-bond donors (Lipinski definition) is 0. The van der Waals surface area contributed by atoms with E-state index in [2.05, 4.69) is 4.98 Å². The number of non-ortho nitro benzene ring substituents is 1. The van der Waals surface area contributed by atoms with Gasteiger partial charge in [0, 0.05) is 23.2 Å². The molecule has 0 bridgehead atoms. The predicted octanol–water partition coefficient (Wildman–Crippen LogP) is 1.44. The third-order valence-corrected chi connectivity index (χ3v) is 3.55. The van der Waals surface area contributed by atoms with Crippen molar-refractivity contribution in [2.45, 2.75) is 4.34 Å². The van der Waals surface area contributed by atoms with Gasteiger partial charge in [-0.1, -0.05) is 0 Å². The Morgan fingerprint density at radius 2 is 2.20 bits per heavy atom. The maximum Gasteiger partial charge on any atom is 0.270 e. The van der Waals surface area contributed by atoms with Crippen LogP contribution in [0.1, 0.15) is 0 Å². The summed E-state index contributed by atoms with van der Waals surface area (Å²) in [6.07, 6.45) is 0. The van der Waals surface area contributed by atoms with Gasteiger partial charge < -0.3 is 4.55 Å². The molecule has 2 aromatic rings. The van der Waals surface area contributed by atoms with Gasteiger partial charge >= 0.3 is 0 Å². The summed E-state index contributed by atoms with van der Waals surface area (Å²) in [5, 5.41) is 10.5. The minimum absolute atomic E-state index is 0.0644. The van der Waals surface area contributed by atoms with Crippen molar-refractivity contribution in [3.63, 3.8) is 0 Å². The first kappa shape index (κ1) is 10.1. The summed E-state index contributed by atoms with van der Waals surface area (Å²) in [5.41, 5.74) is 0.374. The summed E-state index contributed by atoms with van der Waals surface area (Å²) >= 11 is -1.48. The van der Waals surface area contributed by atoms with E-state index in [0.29, 0.717) is 10.2 Å². The molecule has 0 radical (unpaired) electrons. The van der Waals surface area contributed by atoms with E-state index >= 15 is 0 Å². The number of nitro groups is 1. The maximum atomic E-state index is 10.6. The minimum Gasteiger partial charge on any atom is -0.767 e. The molecule has 6 nitrogen and oxygen atoms in total. The minimum atomic E-state index is -2.39. The van der Waals surface area contributed by atoms with E-state index in [9.17, 15) is 18.9 Å². The van der Waals surface area contributed by atoms with Crippen LogP contribution in [0.15, 0.2) is 22.5 Å². The highest BCUT2D eigenvalue weighted by Gasteiger charge is 2.10. The van der Waals surface area contributed by atoms with Crippen LogP contribution in [0.2, 0.25) is 0 Å². The number of benzene rings is 1. The summed E-state index contributed by atoms with van der Waals surface area (Å²) in [5.74, 6) is 0. The molecule has 0 fully saturated rings. The van der Waals surface area contributed by atoms with Gasteiger partial charge in [0.1, 0.15) is 0 Å². The van der Waals surface area contributed by atoms with Gasteiger partial charge in [0.2, 0.25) is 0 Å². The average Bonchev–Trinajstić information content (AvgIpc) is 2.59. The normalized spacial score (nSPS) is 12.9. The van der Waals surface area contributed by atoms with E-state index in [-0.39, 0.29) is 10.0 Å². The Morgan fingerprint density at radius 3 is 2.80 bits per heavy atom. The Kier molecular flexibility index (Phi) is 2.47. The van der Waals surface area contributed by atoms with Crippen molar-refractivity contribution in [3.05, 3.63) is 28.3 Å². The lowest BCUT2D eigenvalue weighted by Gasteiger charge is -1.95. The van der Waals surface area contributed by atoms with Crippen LogP contribution in [0.5, 0.6) is 0 Å². The molecule has 1 atom stereocenters. The molecule has 0 amide bonds. The molecule has 0 saturated carbocycles. The first-order valence-electron chi connectivity index (χ1n) is 3.72. The van der Waals surface area contributed by atoms with Crippen LogP contribution in [0.25, 0.3) is 10.2 Å². The molecule has 0 aliphatic heterocycles. The van der Waals surface area contributed by atoms with E-state index < -0.39 is 16.0 Å². The SMILES string of the molecule is O=[N+]([O-])c1ccc2nc(S(=O)[O-])sc2c1. The molecular formula is C7H3N2O4S2-. The second-order valence-electron chi connectivity index (χ2n) is 2.62. The van der Waals surface area contributed by atoms with Crippen LogP contribution in [0.3, 0.4) is 0 Å². The molecule has 1 aromatic carbocycles. The summed E-state index contributed by atoms with van der Waals surface area (Å²) in [7, 11) is 0. The second-order valence-corrected chi connectivity index (χ2v) is 4.77. The zero-order chi connectivity index (χ0) is 11.0. The fourth-order valence-electron chi connectivity index (χ4n) is 1.08. The third-order valence-electron chi connectivity index (χ3n) is 1.71. The number of nitrogens with zero attached hydrogens (tertiary/aromatic N) is 2. The van der Waals surface area contributed by atoms with Crippen molar-refractivity contribution >= 4 is 38.3 Å². The monoisotopic (exact) mass is 243 g/mol. The number of aromatic nitrogens is 1. The van der Waals surface area contributed by atoms with Crippen molar-refractivity contribution in [2.24, 2.45) is 0 Å². The van der Waals surface area contributed by atoms with Crippen LogP contribution < -0.4 is 0 Å². The average molecular weight is 243 g/mol. The van der Waals surface area contributed by atoms with Crippen LogP contribution in [-0.4, -0.2) is 18.7 Å². The molecular weight excluding hydrogens is 240 g/mol. The molecule has 8 heteroatoms. The number of thiazole rings is 1. The fraction of sp³-hybridized carbons (Fsp3) is 0. The molecule has 1 heterocycles. The van der Waals surface area contributed by atoms with Crippen molar-refractivity contribution in [1.29, 1.82) is 0 Å². The van der Waals surface area contributed by atoms with Gasteiger partial charge in [-0.2, -0.15) is 0 Å². The Morgan fingerprint density at radius 1 is 1.47 bits per heavy atom. The highest BCUT2D eigenvalue weighted by atomic mass is 32.2. The van der Waals surface area contributed by atoms with Gasteiger partial charge in [0.05, 0.1) is 15.1 Å². The first-order valence-corrected chi connectivity index (χ1v) is 5.61. The molecule has 0 saturated heterocycles. The quantitative estimate of drug-likeness (QED) is 0.451. The van der Waals surface area contributed by atoms with E-state index in [0.717, 1.165) is 11.3 Å². The van der Waals surface area contributed by atoms with E-state index in [4.69, 9.17) is 0 Å². The molecule has 78 valence electrons. The Balaban J connectivity index is 2.62. The smallest absolute Gasteiger partial charge is 0.270 e. The molecule has 0 spiro atoms. The third kappa shape index (κ3) is 1.87. The van der Waals surface area contributed by atoms with E-state index in [1.807, 2.05) is 0 Å². The Bertz CT molecular complexity index is 553. The maximum absolute atomic E-state index is 10.6. The molecule has 2 rings (SSSR count). The van der Waals surface area contributed by atoms with E-state index in [1.165, 1.54) is 18.2 Å².